The third kappa shape index (κ3) is 5.46. The summed E-state index contributed by atoms with van der Waals surface area (Å²) in [4.78, 5) is 4.69. The molecule has 39 heavy (non-hydrogen) atoms. The van der Waals surface area contributed by atoms with Crippen LogP contribution in [0.3, 0.4) is 0 Å². The third-order valence-corrected chi connectivity index (χ3v) is 7.48. The molecule has 4 aromatic carbocycles. The van der Waals surface area contributed by atoms with Gasteiger partial charge in [-0.15, -0.1) is 11.3 Å². The number of para-hydroxylation sites is 2. The fourth-order valence-electron chi connectivity index (χ4n) is 4.17. The van der Waals surface area contributed by atoms with Gasteiger partial charge in [0.2, 0.25) is 0 Å². The Bertz CT molecular complexity index is 1780. The van der Waals surface area contributed by atoms with Gasteiger partial charge in [0.1, 0.15) is 23.4 Å². The van der Waals surface area contributed by atoms with Gasteiger partial charge < -0.3 is 4.74 Å². The van der Waals surface area contributed by atoms with E-state index in [1.165, 1.54) is 11.3 Å². The van der Waals surface area contributed by atoms with E-state index in [2.05, 4.69) is 11.1 Å². The molecule has 6 rings (SSSR count). The molecule has 7 heteroatoms. The van der Waals surface area contributed by atoms with E-state index in [1.807, 2.05) is 120 Å². The van der Waals surface area contributed by atoms with E-state index in [1.54, 1.807) is 0 Å². The van der Waals surface area contributed by atoms with Crippen molar-refractivity contribution in [1.82, 2.24) is 14.8 Å². The van der Waals surface area contributed by atoms with Crippen molar-refractivity contribution < 1.29 is 4.74 Å². The zero-order valence-electron chi connectivity index (χ0n) is 20.7. The van der Waals surface area contributed by atoms with E-state index in [0.717, 1.165) is 44.0 Å². The summed E-state index contributed by atoms with van der Waals surface area (Å²) in [6.45, 7) is 0.445. The van der Waals surface area contributed by atoms with Gasteiger partial charge in [0.05, 0.1) is 27.2 Å². The normalized spacial score (nSPS) is 11.4. The second kappa shape index (κ2) is 11.0. The molecule has 0 aliphatic heterocycles. The summed E-state index contributed by atoms with van der Waals surface area (Å²) >= 11 is 7.49. The van der Waals surface area contributed by atoms with Gasteiger partial charge in [0.25, 0.3) is 0 Å². The molecule has 6 aromatic rings. The van der Waals surface area contributed by atoms with Gasteiger partial charge >= 0.3 is 0 Å². The van der Waals surface area contributed by atoms with Crippen molar-refractivity contribution in [3.63, 3.8) is 0 Å². The number of rotatable bonds is 7. The smallest absolute Gasteiger partial charge is 0.135 e. The summed E-state index contributed by atoms with van der Waals surface area (Å²) in [5.41, 5.74) is 5.84. The Hall–Kier alpha value is -4.70. The first-order valence-electron chi connectivity index (χ1n) is 12.3. The molecule has 0 spiro atoms. The Morgan fingerprint density at radius 2 is 1.67 bits per heavy atom. The van der Waals surface area contributed by atoms with Crippen LogP contribution in [0.4, 0.5) is 0 Å². The molecule has 0 saturated heterocycles. The van der Waals surface area contributed by atoms with Crippen LogP contribution in [0, 0.1) is 11.3 Å². The summed E-state index contributed by atoms with van der Waals surface area (Å²) < 4.78 is 8.84. The van der Waals surface area contributed by atoms with Crippen molar-refractivity contribution in [3.05, 3.63) is 130 Å². The number of nitrogens with zero attached hydrogens (tertiary/aromatic N) is 4. The Kier molecular flexibility index (Phi) is 6.92. The van der Waals surface area contributed by atoms with Crippen LogP contribution in [0.25, 0.3) is 38.8 Å². The zero-order valence-corrected chi connectivity index (χ0v) is 22.2. The lowest BCUT2D eigenvalue weighted by atomic mass is 10.1. The van der Waals surface area contributed by atoms with Gasteiger partial charge in [0, 0.05) is 22.3 Å². The molecule has 5 nitrogen and oxygen atoms in total. The fourth-order valence-corrected chi connectivity index (χ4v) is 5.23. The van der Waals surface area contributed by atoms with Crippen molar-refractivity contribution in [1.29, 1.82) is 5.26 Å². The second-order valence-corrected chi connectivity index (χ2v) is 10.3. The molecule has 0 radical (unpaired) electrons. The molecule has 0 amide bonds. The number of benzene rings is 4. The summed E-state index contributed by atoms with van der Waals surface area (Å²) in [5, 5.41) is 16.3. The van der Waals surface area contributed by atoms with Crippen LogP contribution >= 0.6 is 22.9 Å². The number of thiazole rings is 1. The number of fused-ring (bicyclic) bond motifs is 1. The molecule has 0 unspecified atom stereocenters. The van der Waals surface area contributed by atoms with E-state index < -0.39 is 0 Å². The quantitative estimate of drug-likeness (QED) is 0.189. The lowest BCUT2D eigenvalue weighted by Gasteiger charge is -2.07. The zero-order chi connectivity index (χ0) is 26.6. The minimum atomic E-state index is 0.445. The molecular formula is C32H21ClN4OS. The van der Waals surface area contributed by atoms with Crippen LogP contribution in [-0.2, 0) is 6.61 Å². The number of halogens is 1. The first-order valence-corrected chi connectivity index (χ1v) is 13.5. The lowest BCUT2D eigenvalue weighted by Crippen LogP contribution is -1.95. The first kappa shape index (κ1) is 24.6. The minimum Gasteiger partial charge on any atom is -0.489 e. The molecule has 188 valence electrons. The maximum absolute atomic E-state index is 10.1. The van der Waals surface area contributed by atoms with Crippen molar-refractivity contribution in [2.75, 3.05) is 0 Å². The highest BCUT2D eigenvalue weighted by molar-refractivity contribution is 7.19. The van der Waals surface area contributed by atoms with Crippen LogP contribution in [0.2, 0.25) is 5.02 Å². The number of allylic oxidation sites excluding steroid dienone is 1. The second-order valence-electron chi connectivity index (χ2n) is 8.81. The van der Waals surface area contributed by atoms with E-state index >= 15 is 0 Å². The fraction of sp³-hybridized carbons (Fsp3) is 0.0312. The van der Waals surface area contributed by atoms with Crippen molar-refractivity contribution in [3.8, 4) is 28.8 Å². The van der Waals surface area contributed by atoms with Crippen LogP contribution in [0.1, 0.15) is 16.1 Å². The molecule has 0 N–H and O–H groups in total. The maximum atomic E-state index is 10.1. The largest absolute Gasteiger partial charge is 0.489 e. The number of ether oxygens (including phenoxy) is 1. The Labute approximate surface area is 234 Å². The van der Waals surface area contributed by atoms with Crippen LogP contribution in [0.15, 0.2) is 109 Å². The number of nitriles is 1. The maximum Gasteiger partial charge on any atom is 0.135 e. The van der Waals surface area contributed by atoms with Crippen molar-refractivity contribution in [2.24, 2.45) is 0 Å². The monoisotopic (exact) mass is 544 g/mol. The Balaban J connectivity index is 1.34. The van der Waals surface area contributed by atoms with Crippen LogP contribution < -0.4 is 4.74 Å². The molecular weight excluding hydrogens is 524 g/mol. The predicted molar refractivity (Wildman–Crippen MR) is 158 cm³/mol. The summed E-state index contributed by atoms with van der Waals surface area (Å²) in [6.07, 6.45) is 3.81. The molecule has 0 atom stereocenters. The number of aromatic nitrogens is 3. The highest BCUT2D eigenvalue weighted by Gasteiger charge is 2.15. The molecule has 0 aliphatic rings. The van der Waals surface area contributed by atoms with Gasteiger partial charge in [-0.3, -0.25) is 0 Å². The topological polar surface area (TPSA) is 63.7 Å². The standard InChI is InChI=1S/C32H21ClN4OS/c33-26-14-10-22(11-15-26)21-38-28-16-12-23(13-17-28)31-25(20-37(36-31)27-6-2-1-3-7-27)18-24(19-34)32-35-29-8-4-5-9-30(29)39-32/h1-18,20H,21H2/b24-18-. The highest BCUT2D eigenvalue weighted by Crippen LogP contribution is 2.32. The molecule has 0 saturated carbocycles. The summed E-state index contributed by atoms with van der Waals surface area (Å²) in [6, 6.07) is 35.6. The Morgan fingerprint density at radius 3 is 2.41 bits per heavy atom. The lowest BCUT2D eigenvalue weighted by molar-refractivity contribution is 0.306. The van der Waals surface area contributed by atoms with Gasteiger partial charge in [0.15, 0.2) is 0 Å². The van der Waals surface area contributed by atoms with Crippen LogP contribution in [0.5, 0.6) is 5.75 Å². The van der Waals surface area contributed by atoms with Crippen molar-refractivity contribution in [2.45, 2.75) is 6.61 Å². The van der Waals surface area contributed by atoms with Gasteiger partial charge in [-0.25, -0.2) is 9.67 Å². The third-order valence-electron chi connectivity index (χ3n) is 6.15. The SMILES string of the molecule is N#C/C(=C/c1cn(-c2ccccc2)nc1-c1ccc(OCc2ccc(Cl)cc2)cc1)c1nc2ccccc2s1. The molecule has 2 aromatic heterocycles. The van der Waals surface area contributed by atoms with Crippen molar-refractivity contribution >= 4 is 44.8 Å². The first-order chi connectivity index (χ1) is 19.2. The molecule has 0 fully saturated rings. The average molecular weight is 545 g/mol. The molecule has 2 heterocycles. The van der Waals surface area contributed by atoms with E-state index in [-0.39, 0.29) is 0 Å². The van der Waals surface area contributed by atoms with Crippen LogP contribution in [-0.4, -0.2) is 14.8 Å². The molecule has 0 aliphatic carbocycles. The van der Waals surface area contributed by atoms with Gasteiger partial charge in [-0.1, -0.05) is 54.1 Å². The summed E-state index contributed by atoms with van der Waals surface area (Å²) in [5.74, 6) is 0.750. The minimum absolute atomic E-state index is 0.445. The van der Waals surface area contributed by atoms with Gasteiger partial charge in [-0.05, 0) is 72.3 Å². The average Bonchev–Trinajstić information content (AvgIpc) is 3.61. The Morgan fingerprint density at radius 1 is 0.923 bits per heavy atom. The number of hydrogen-bond donors (Lipinski definition) is 0. The number of hydrogen-bond acceptors (Lipinski definition) is 5. The van der Waals surface area contributed by atoms with E-state index in [0.29, 0.717) is 22.2 Å². The van der Waals surface area contributed by atoms with Gasteiger partial charge in [-0.2, -0.15) is 10.4 Å². The van der Waals surface area contributed by atoms with E-state index in [9.17, 15) is 5.26 Å². The van der Waals surface area contributed by atoms with E-state index in [4.69, 9.17) is 21.4 Å². The molecule has 0 bridgehead atoms. The predicted octanol–water partition coefficient (Wildman–Crippen LogP) is 8.45. The summed E-state index contributed by atoms with van der Waals surface area (Å²) in [7, 11) is 0. The highest BCUT2D eigenvalue weighted by atomic mass is 35.5.